The monoisotopic (exact) mass is 244 g/mol. The molecule has 1 saturated carbocycles. The van der Waals surface area contributed by atoms with Crippen molar-refractivity contribution in [3.63, 3.8) is 0 Å². The van der Waals surface area contributed by atoms with Crippen LogP contribution in [0.5, 0.6) is 0 Å². The highest BCUT2D eigenvalue weighted by Gasteiger charge is 2.26. The average Bonchev–Trinajstić information content (AvgIpc) is 3.19. The van der Waals surface area contributed by atoms with Crippen LogP contribution in [0.2, 0.25) is 0 Å². The van der Waals surface area contributed by atoms with Crippen LogP contribution < -0.4 is 0 Å². The van der Waals surface area contributed by atoms with Crippen LogP contribution in [0.1, 0.15) is 28.9 Å². The van der Waals surface area contributed by atoms with E-state index in [1.165, 1.54) is 12.8 Å². The van der Waals surface area contributed by atoms with Gasteiger partial charge >= 0.3 is 0 Å². The Bertz CT molecular complexity index is 498. The number of aliphatic hydroxyl groups is 1. The minimum absolute atomic E-state index is 0.107. The Morgan fingerprint density at radius 1 is 1.61 bits per heavy atom. The molecule has 0 bridgehead atoms. The van der Waals surface area contributed by atoms with Gasteiger partial charge in [0.1, 0.15) is 12.3 Å². The second-order valence-electron chi connectivity index (χ2n) is 4.49. The largest absolute Gasteiger partial charge is 0.384 e. The van der Waals surface area contributed by atoms with Crippen LogP contribution in [-0.2, 0) is 0 Å². The number of carbonyl (C=O) groups excluding carboxylic acids is 1. The molecule has 2 rings (SSSR count). The number of nitrogens with zero attached hydrogens (tertiary/aromatic N) is 2. The van der Waals surface area contributed by atoms with Gasteiger partial charge in [-0.25, -0.2) is 4.98 Å². The molecule has 0 radical (unpaired) electrons. The summed E-state index contributed by atoms with van der Waals surface area (Å²) < 4.78 is 0. The van der Waals surface area contributed by atoms with Crippen molar-refractivity contribution < 1.29 is 9.90 Å². The number of hydrogen-bond donors (Lipinski definition) is 1. The first-order valence-electron chi connectivity index (χ1n) is 6.02. The van der Waals surface area contributed by atoms with E-state index in [4.69, 9.17) is 5.11 Å². The molecular weight excluding hydrogens is 228 g/mol. The average molecular weight is 244 g/mol. The summed E-state index contributed by atoms with van der Waals surface area (Å²) in [5, 5.41) is 8.70. The van der Waals surface area contributed by atoms with Crippen LogP contribution in [0.3, 0.4) is 0 Å². The molecule has 1 heterocycles. The Kier molecular flexibility index (Phi) is 3.96. The van der Waals surface area contributed by atoms with Gasteiger partial charge in [-0.15, -0.1) is 0 Å². The lowest BCUT2D eigenvalue weighted by atomic mass is 10.1. The van der Waals surface area contributed by atoms with Crippen LogP contribution >= 0.6 is 0 Å². The summed E-state index contributed by atoms with van der Waals surface area (Å²) in [5.41, 5.74) is 0.931. The van der Waals surface area contributed by atoms with Gasteiger partial charge in [-0.2, -0.15) is 0 Å². The minimum atomic E-state index is -0.222. The van der Waals surface area contributed by atoms with E-state index in [1.54, 1.807) is 30.3 Å². The lowest BCUT2D eigenvalue weighted by molar-refractivity contribution is 0.0782. The van der Waals surface area contributed by atoms with Gasteiger partial charge in [-0.3, -0.25) is 4.79 Å². The first-order chi connectivity index (χ1) is 8.72. The van der Waals surface area contributed by atoms with E-state index in [0.29, 0.717) is 17.2 Å². The molecule has 0 aromatic carbocycles. The standard InChI is InChI=1S/C14H16N2O2/c1-16(10-11-6-7-11)14(18)13-12(5-3-9-17)4-2-8-15-13/h2,4,8,11,17H,6-7,9-10H2,1H3. The highest BCUT2D eigenvalue weighted by Crippen LogP contribution is 2.29. The highest BCUT2D eigenvalue weighted by molar-refractivity contribution is 5.94. The first-order valence-corrected chi connectivity index (χ1v) is 6.02. The second kappa shape index (κ2) is 5.65. The van der Waals surface area contributed by atoms with Gasteiger partial charge in [-0.1, -0.05) is 11.8 Å². The van der Waals surface area contributed by atoms with Crippen LogP contribution in [0.25, 0.3) is 0 Å². The summed E-state index contributed by atoms with van der Waals surface area (Å²) in [6, 6.07) is 3.48. The Morgan fingerprint density at radius 2 is 2.39 bits per heavy atom. The maximum Gasteiger partial charge on any atom is 0.273 e. The van der Waals surface area contributed by atoms with Gasteiger partial charge in [-0.05, 0) is 30.9 Å². The van der Waals surface area contributed by atoms with Crippen LogP contribution in [0.4, 0.5) is 0 Å². The number of rotatable bonds is 3. The van der Waals surface area contributed by atoms with Crippen LogP contribution in [-0.4, -0.2) is 41.1 Å². The number of carbonyl (C=O) groups is 1. The number of aliphatic hydroxyl groups excluding tert-OH is 1. The molecule has 1 aromatic rings. The van der Waals surface area contributed by atoms with Crippen molar-refractivity contribution in [3.05, 3.63) is 29.6 Å². The van der Waals surface area contributed by atoms with Crippen molar-refractivity contribution in [1.82, 2.24) is 9.88 Å². The molecule has 1 aliphatic rings. The van der Waals surface area contributed by atoms with E-state index < -0.39 is 0 Å². The summed E-state index contributed by atoms with van der Waals surface area (Å²) >= 11 is 0. The maximum absolute atomic E-state index is 12.2. The Labute approximate surface area is 107 Å². The number of hydrogen-bond acceptors (Lipinski definition) is 3. The number of aromatic nitrogens is 1. The van der Waals surface area contributed by atoms with Crippen molar-refractivity contribution in [2.75, 3.05) is 20.2 Å². The molecule has 1 aromatic heterocycles. The quantitative estimate of drug-likeness (QED) is 0.804. The van der Waals surface area contributed by atoms with Crippen molar-refractivity contribution in [2.45, 2.75) is 12.8 Å². The molecule has 4 nitrogen and oxygen atoms in total. The van der Waals surface area contributed by atoms with Gasteiger partial charge in [0.15, 0.2) is 0 Å². The Morgan fingerprint density at radius 3 is 3.06 bits per heavy atom. The normalized spacial score (nSPS) is 13.7. The molecule has 18 heavy (non-hydrogen) atoms. The van der Waals surface area contributed by atoms with Gasteiger partial charge in [0.05, 0.1) is 5.56 Å². The number of pyridine rings is 1. The third-order valence-corrected chi connectivity index (χ3v) is 2.89. The van der Waals surface area contributed by atoms with E-state index in [1.807, 2.05) is 0 Å². The Hall–Kier alpha value is -1.86. The summed E-state index contributed by atoms with van der Waals surface area (Å²) in [6.07, 6.45) is 4.00. The fourth-order valence-electron chi connectivity index (χ4n) is 1.76. The smallest absolute Gasteiger partial charge is 0.273 e. The molecule has 1 amide bonds. The minimum Gasteiger partial charge on any atom is -0.384 e. The number of amides is 1. The molecule has 4 heteroatoms. The third kappa shape index (κ3) is 3.08. The molecule has 1 aliphatic carbocycles. The lowest BCUT2D eigenvalue weighted by Crippen LogP contribution is -2.30. The van der Waals surface area contributed by atoms with Gasteiger partial charge in [0.25, 0.3) is 5.91 Å². The summed E-state index contributed by atoms with van der Waals surface area (Å²) in [7, 11) is 1.79. The third-order valence-electron chi connectivity index (χ3n) is 2.89. The molecule has 1 fully saturated rings. The van der Waals surface area contributed by atoms with E-state index in [0.717, 1.165) is 6.54 Å². The zero-order valence-corrected chi connectivity index (χ0v) is 10.4. The predicted octanol–water partition coefficient (Wildman–Crippen LogP) is 0.907. The van der Waals surface area contributed by atoms with Crippen molar-refractivity contribution in [2.24, 2.45) is 5.92 Å². The molecule has 0 unspecified atom stereocenters. The zero-order valence-electron chi connectivity index (χ0n) is 10.4. The molecule has 1 N–H and O–H groups in total. The molecule has 0 aliphatic heterocycles. The molecule has 0 saturated heterocycles. The van der Waals surface area contributed by atoms with Crippen molar-refractivity contribution in [1.29, 1.82) is 0 Å². The van der Waals surface area contributed by atoms with Crippen molar-refractivity contribution in [3.8, 4) is 11.8 Å². The summed E-state index contributed by atoms with van der Waals surface area (Å²) in [6.45, 7) is 0.558. The van der Waals surface area contributed by atoms with Crippen molar-refractivity contribution >= 4 is 5.91 Å². The predicted molar refractivity (Wildman–Crippen MR) is 67.9 cm³/mol. The van der Waals surface area contributed by atoms with Crippen LogP contribution in [0, 0.1) is 17.8 Å². The van der Waals surface area contributed by atoms with E-state index in [2.05, 4.69) is 16.8 Å². The van der Waals surface area contributed by atoms with Gasteiger partial charge in [0.2, 0.25) is 0 Å². The maximum atomic E-state index is 12.2. The fraction of sp³-hybridized carbons (Fsp3) is 0.429. The van der Waals surface area contributed by atoms with E-state index >= 15 is 0 Å². The summed E-state index contributed by atoms with van der Waals surface area (Å²) in [4.78, 5) is 18.0. The molecule has 0 spiro atoms. The van der Waals surface area contributed by atoms with E-state index in [-0.39, 0.29) is 12.5 Å². The fourth-order valence-corrected chi connectivity index (χ4v) is 1.76. The zero-order chi connectivity index (χ0) is 13.0. The summed E-state index contributed by atoms with van der Waals surface area (Å²) in [5.74, 6) is 5.85. The first kappa shape index (κ1) is 12.6. The van der Waals surface area contributed by atoms with Gasteiger partial charge in [0, 0.05) is 19.8 Å². The topological polar surface area (TPSA) is 53.4 Å². The van der Waals surface area contributed by atoms with Crippen LogP contribution in [0.15, 0.2) is 18.3 Å². The van der Waals surface area contributed by atoms with Gasteiger partial charge < -0.3 is 10.0 Å². The molecule has 94 valence electrons. The SMILES string of the molecule is CN(CC1CC1)C(=O)c1ncccc1C#CCO. The lowest BCUT2D eigenvalue weighted by Gasteiger charge is -2.16. The highest BCUT2D eigenvalue weighted by atomic mass is 16.2. The molecule has 0 atom stereocenters. The second-order valence-corrected chi connectivity index (χ2v) is 4.49. The molecular formula is C14H16N2O2. The Balaban J connectivity index is 2.17. The van der Waals surface area contributed by atoms with E-state index in [9.17, 15) is 4.79 Å².